The van der Waals surface area contributed by atoms with Crippen LogP contribution in [0.5, 0.6) is 0 Å². The third kappa shape index (κ3) is 1.92. The van der Waals surface area contributed by atoms with Crippen molar-refractivity contribution in [3.63, 3.8) is 0 Å². The van der Waals surface area contributed by atoms with Crippen molar-refractivity contribution in [3.8, 4) is 0 Å². The molecule has 6 atom stereocenters. The Bertz CT molecular complexity index is 1130. The molecular formula is C30H44O4. The predicted molar refractivity (Wildman–Crippen MR) is 132 cm³/mol. The Morgan fingerprint density at radius 2 is 1.26 bits per heavy atom. The number of hydrogen-bond donors (Lipinski definition) is 4. The standard InChI is InChI=1S/C30H44O4/c1-15-20-10-18(24(20,4)5)11-21(15)27(13-19-12-22(16(27)2)25(19,6)7)29(32)17(3)23-14-28(31,26(23,8)9)30(29,33)34/h18-19,21,31-34H,10-14H2,1-9H3. The van der Waals surface area contributed by atoms with Crippen LogP contribution in [0.3, 0.4) is 0 Å². The maximum Gasteiger partial charge on any atom is 0.228 e. The zero-order valence-corrected chi connectivity index (χ0v) is 22.6. The second kappa shape index (κ2) is 5.79. The van der Waals surface area contributed by atoms with E-state index in [2.05, 4.69) is 41.5 Å². The molecule has 0 saturated heterocycles. The van der Waals surface area contributed by atoms with Gasteiger partial charge < -0.3 is 20.4 Å². The summed E-state index contributed by atoms with van der Waals surface area (Å²) in [6, 6.07) is 0. The molecule has 3 fully saturated rings. The Morgan fingerprint density at radius 1 is 0.706 bits per heavy atom. The lowest BCUT2D eigenvalue weighted by Crippen LogP contribution is -2.85. The van der Waals surface area contributed by atoms with Crippen LogP contribution in [0.1, 0.15) is 94.4 Å². The molecule has 4 N–H and O–H groups in total. The molecular weight excluding hydrogens is 424 g/mol. The summed E-state index contributed by atoms with van der Waals surface area (Å²) in [5, 5.41) is 48.7. The number of allylic oxidation sites excluding steroid dienone is 3. The molecule has 4 nitrogen and oxygen atoms in total. The maximum atomic E-state index is 12.9. The fourth-order valence-corrected chi connectivity index (χ4v) is 10.3. The van der Waals surface area contributed by atoms with E-state index in [1.807, 2.05) is 20.8 Å². The summed E-state index contributed by atoms with van der Waals surface area (Å²) in [7, 11) is 0. The molecule has 0 radical (unpaired) electrons. The van der Waals surface area contributed by atoms with Gasteiger partial charge in [0.15, 0.2) is 5.60 Å². The van der Waals surface area contributed by atoms with Crippen molar-refractivity contribution in [2.24, 2.45) is 39.4 Å². The van der Waals surface area contributed by atoms with Crippen LogP contribution in [0.2, 0.25) is 0 Å². The Labute approximate surface area is 204 Å². The van der Waals surface area contributed by atoms with E-state index in [0.29, 0.717) is 17.4 Å². The third-order valence-electron chi connectivity index (χ3n) is 13.2. The van der Waals surface area contributed by atoms with Gasteiger partial charge in [0, 0.05) is 17.3 Å². The van der Waals surface area contributed by atoms with E-state index < -0.39 is 27.8 Å². The molecule has 188 valence electrons. The molecule has 34 heavy (non-hydrogen) atoms. The molecule has 0 aromatic rings. The quantitative estimate of drug-likeness (QED) is 0.339. The van der Waals surface area contributed by atoms with Gasteiger partial charge in [0.1, 0.15) is 5.60 Å². The van der Waals surface area contributed by atoms with Gasteiger partial charge in [0.2, 0.25) is 5.79 Å². The van der Waals surface area contributed by atoms with E-state index in [0.717, 1.165) is 36.8 Å². The molecule has 6 unspecified atom stereocenters. The summed E-state index contributed by atoms with van der Waals surface area (Å²) in [5.74, 6) is -1.69. The Morgan fingerprint density at radius 3 is 1.74 bits per heavy atom. The molecule has 6 bridgehead atoms. The fourth-order valence-electron chi connectivity index (χ4n) is 10.3. The van der Waals surface area contributed by atoms with E-state index in [1.54, 1.807) is 0 Å². The zero-order chi connectivity index (χ0) is 25.2. The third-order valence-corrected chi connectivity index (χ3v) is 13.2. The summed E-state index contributed by atoms with van der Waals surface area (Å²) >= 11 is 0. The minimum atomic E-state index is -2.65. The largest absolute Gasteiger partial charge is 0.383 e. The molecule has 9 rings (SSSR count). The molecule has 4 heteroatoms. The molecule has 0 aliphatic heterocycles. The monoisotopic (exact) mass is 468 g/mol. The van der Waals surface area contributed by atoms with Crippen LogP contribution in [0, 0.1) is 39.4 Å². The molecule has 0 heterocycles. The van der Waals surface area contributed by atoms with Crippen molar-refractivity contribution in [2.45, 2.75) is 111 Å². The lowest BCUT2D eigenvalue weighted by atomic mass is 9.32. The van der Waals surface area contributed by atoms with Crippen molar-refractivity contribution in [1.82, 2.24) is 0 Å². The first-order chi connectivity index (χ1) is 15.3. The van der Waals surface area contributed by atoms with Crippen LogP contribution in [0.4, 0.5) is 0 Å². The first kappa shape index (κ1) is 23.5. The summed E-state index contributed by atoms with van der Waals surface area (Å²) in [4.78, 5) is 0. The Balaban J connectivity index is 1.67. The molecule has 0 aromatic carbocycles. The SMILES string of the molecule is CC1=C2CC(CC1C1(C3(O)C(C)=C4CC(O)(C4(C)C)C3(O)O)CC3CC(=C1C)C3(C)C)C2(C)C. The van der Waals surface area contributed by atoms with Crippen molar-refractivity contribution in [3.05, 3.63) is 33.4 Å². The number of rotatable bonds is 2. The van der Waals surface area contributed by atoms with Gasteiger partial charge in [-0.25, -0.2) is 0 Å². The van der Waals surface area contributed by atoms with Gasteiger partial charge in [0.05, 0.1) is 0 Å². The minimum absolute atomic E-state index is 0.0339. The minimum Gasteiger partial charge on any atom is -0.383 e. The first-order valence-corrected chi connectivity index (χ1v) is 13.4. The average Bonchev–Trinajstić information content (AvgIpc) is 2.74. The van der Waals surface area contributed by atoms with Crippen molar-refractivity contribution >= 4 is 0 Å². The molecule has 0 amide bonds. The van der Waals surface area contributed by atoms with Crippen molar-refractivity contribution in [2.75, 3.05) is 0 Å². The number of fused-ring (bicyclic) bond motifs is 8. The maximum absolute atomic E-state index is 12.9. The van der Waals surface area contributed by atoms with E-state index in [1.165, 1.54) is 16.7 Å². The fraction of sp³-hybridized carbons (Fsp3) is 0.800. The van der Waals surface area contributed by atoms with Crippen LogP contribution in [0.15, 0.2) is 33.4 Å². The van der Waals surface area contributed by atoms with Crippen LogP contribution in [-0.2, 0) is 0 Å². The molecule has 9 aliphatic carbocycles. The van der Waals surface area contributed by atoms with E-state index in [-0.39, 0.29) is 23.2 Å². The van der Waals surface area contributed by atoms with E-state index >= 15 is 0 Å². The average molecular weight is 469 g/mol. The highest BCUT2D eigenvalue weighted by Crippen LogP contribution is 2.78. The van der Waals surface area contributed by atoms with Crippen LogP contribution < -0.4 is 0 Å². The highest BCUT2D eigenvalue weighted by Gasteiger charge is 2.83. The molecule has 3 saturated carbocycles. The molecule has 0 aromatic heterocycles. The van der Waals surface area contributed by atoms with Gasteiger partial charge in [-0.15, -0.1) is 0 Å². The van der Waals surface area contributed by atoms with E-state index in [4.69, 9.17) is 0 Å². The van der Waals surface area contributed by atoms with Gasteiger partial charge in [-0.3, -0.25) is 0 Å². The van der Waals surface area contributed by atoms with Gasteiger partial charge in [-0.2, -0.15) is 0 Å². The van der Waals surface area contributed by atoms with Crippen molar-refractivity contribution in [1.29, 1.82) is 0 Å². The highest BCUT2D eigenvalue weighted by atomic mass is 16.6. The van der Waals surface area contributed by atoms with Crippen LogP contribution in [-0.4, -0.2) is 37.4 Å². The second-order valence-corrected chi connectivity index (χ2v) is 14.6. The van der Waals surface area contributed by atoms with Crippen LogP contribution >= 0.6 is 0 Å². The predicted octanol–water partition coefficient (Wildman–Crippen LogP) is 5.02. The smallest absolute Gasteiger partial charge is 0.228 e. The highest BCUT2D eigenvalue weighted by molar-refractivity contribution is 5.56. The zero-order valence-electron chi connectivity index (χ0n) is 22.6. The normalized spacial score (nSPS) is 48.8. The number of hydrogen-bond acceptors (Lipinski definition) is 4. The summed E-state index contributed by atoms with van der Waals surface area (Å²) < 4.78 is 0. The van der Waals surface area contributed by atoms with Gasteiger partial charge in [-0.1, -0.05) is 69.4 Å². The van der Waals surface area contributed by atoms with Crippen molar-refractivity contribution < 1.29 is 20.4 Å². The second-order valence-electron chi connectivity index (χ2n) is 14.6. The number of aliphatic hydroxyl groups is 4. The summed E-state index contributed by atoms with van der Waals surface area (Å²) in [6.07, 6.45) is 4.03. The van der Waals surface area contributed by atoms with E-state index in [9.17, 15) is 20.4 Å². The summed E-state index contributed by atoms with van der Waals surface area (Å²) in [5.41, 5.74) is 1.90. The first-order valence-electron chi connectivity index (χ1n) is 13.4. The van der Waals surface area contributed by atoms with Gasteiger partial charge in [-0.05, 0) is 80.6 Å². The molecule has 9 aliphatic rings. The topological polar surface area (TPSA) is 80.9 Å². The Kier molecular flexibility index (Phi) is 4.00. The molecule has 0 spiro atoms. The Hall–Kier alpha value is -0.940. The lowest BCUT2D eigenvalue weighted by Gasteiger charge is -2.75. The summed E-state index contributed by atoms with van der Waals surface area (Å²) in [6.45, 7) is 19.3. The van der Waals surface area contributed by atoms with Gasteiger partial charge >= 0.3 is 0 Å². The van der Waals surface area contributed by atoms with Gasteiger partial charge in [0.25, 0.3) is 0 Å². The lowest BCUT2D eigenvalue weighted by molar-refractivity contribution is -0.410. The van der Waals surface area contributed by atoms with Crippen LogP contribution in [0.25, 0.3) is 0 Å².